The monoisotopic (exact) mass is 330 g/mol. The summed E-state index contributed by atoms with van der Waals surface area (Å²) in [5, 5.41) is 0.948. The summed E-state index contributed by atoms with van der Waals surface area (Å²) < 4.78 is 10.7. The molecule has 0 fully saturated rings. The van der Waals surface area contributed by atoms with Crippen LogP contribution >= 0.6 is 11.8 Å². The fourth-order valence-electron chi connectivity index (χ4n) is 3.46. The van der Waals surface area contributed by atoms with E-state index in [1.54, 1.807) is 18.0 Å². The van der Waals surface area contributed by atoms with Crippen molar-refractivity contribution in [3.63, 3.8) is 0 Å². The van der Waals surface area contributed by atoms with Gasteiger partial charge < -0.3 is 14.1 Å². The van der Waals surface area contributed by atoms with Gasteiger partial charge in [0.1, 0.15) is 11.8 Å². The van der Waals surface area contributed by atoms with Crippen LogP contribution in [0.15, 0.2) is 49.7 Å². The van der Waals surface area contributed by atoms with Gasteiger partial charge in [0.05, 0.1) is 24.6 Å². The quantitative estimate of drug-likeness (QED) is 0.768. The third-order valence-corrected chi connectivity index (χ3v) is 5.66. The number of carbonyl (C=O) groups is 1. The van der Waals surface area contributed by atoms with Crippen LogP contribution in [0.25, 0.3) is 0 Å². The van der Waals surface area contributed by atoms with Gasteiger partial charge in [-0.3, -0.25) is 0 Å². The number of allylic oxidation sites excluding steroid dienone is 3. The van der Waals surface area contributed by atoms with Gasteiger partial charge in [-0.25, -0.2) is 9.79 Å². The summed E-state index contributed by atoms with van der Waals surface area (Å²) in [4.78, 5) is 20.6. The molecule has 23 heavy (non-hydrogen) atoms. The maximum absolute atomic E-state index is 12.4. The molecule has 0 saturated carbocycles. The molecule has 5 nitrogen and oxygen atoms in total. The number of thioether (sulfide) groups is 1. The molecule has 0 bridgehead atoms. The number of furan rings is 1. The van der Waals surface area contributed by atoms with Crippen LogP contribution in [0.3, 0.4) is 0 Å². The van der Waals surface area contributed by atoms with Crippen molar-refractivity contribution in [1.29, 1.82) is 0 Å². The molecule has 1 aliphatic carbocycles. The number of ether oxygens (including phenoxy) is 1. The van der Waals surface area contributed by atoms with Crippen LogP contribution in [-0.2, 0) is 9.53 Å². The van der Waals surface area contributed by atoms with E-state index in [0.717, 1.165) is 23.8 Å². The van der Waals surface area contributed by atoms with E-state index in [1.165, 1.54) is 30.6 Å². The van der Waals surface area contributed by atoms with Gasteiger partial charge in [0.25, 0.3) is 0 Å². The van der Waals surface area contributed by atoms with E-state index in [1.807, 2.05) is 19.1 Å². The lowest BCUT2D eigenvalue weighted by molar-refractivity contribution is -0.136. The smallest absolute Gasteiger partial charge is 0.338 e. The predicted octanol–water partition coefficient (Wildman–Crippen LogP) is 3.97. The van der Waals surface area contributed by atoms with E-state index in [-0.39, 0.29) is 12.0 Å². The summed E-state index contributed by atoms with van der Waals surface area (Å²) in [6.07, 6.45) is 6.14. The molecule has 0 unspecified atom stereocenters. The second-order valence-electron chi connectivity index (χ2n) is 5.85. The van der Waals surface area contributed by atoms with Crippen LogP contribution in [0, 0.1) is 0 Å². The number of aliphatic imine (C=N–C) groups is 1. The Morgan fingerprint density at radius 3 is 3.00 bits per heavy atom. The van der Waals surface area contributed by atoms with E-state index in [9.17, 15) is 4.79 Å². The second-order valence-corrected chi connectivity index (χ2v) is 6.91. The van der Waals surface area contributed by atoms with Gasteiger partial charge in [-0.05, 0) is 44.7 Å². The highest BCUT2D eigenvalue weighted by Gasteiger charge is 2.44. The maximum atomic E-state index is 12.4. The van der Waals surface area contributed by atoms with Crippen LogP contribution in [0.4, 0.5) is 0 Å². The van der Waals surface area contributed by atoms with Crippen molar-refractivity contribution in [3.8, 4) is 0 Å². The average molecular weight is 330 g/mol. The molecule has 2 aliphatic heterocycles. The Labute approximate surface area is 139 Å². The number of methoxy groups -OCH3 is 1. The van der Waals surface area contributed by atoms with Crippen LogP contribution in [0.2, 0.25) is 0 Å². The Hall–Kier alpha value is -1.95. The molecule has 0 saturated heterocycles. The second kappa shape index (κ2) is 5.60. The SMILES string of the molecule is COC(=O)C1=C(C)N=C2SC3=C(CCCC3)N2[C@@H]1c1ccco1. The molecule has 4 rings (SSSR count). The summed E-state index contributed by atoms with van der Waals surface area (Å²) in [5.74, 6) is 0.402. The van der Waals surface area contributed by atoms with Crippen molar-refractivity contribution in [2.45, 2.75) is 38.6 Å². The van der Waals surface area contributed by atoms with Gasteiger partial charge in [0, 0.05) is 10.6 Å². The Kier molecular flexibility index (Phi) is 3.56. The fraction of sp³-hybridized carbons (Fsp3) is 0.412. The first-order valence-electron chi connectivity index (χ1n) is 7.81. The number of carbonyl (C=O) groups excluding carboxylic acids is 1. The van der Waals surface area contributed by atoms with Crippen molar-refractivity contribution in [3.05, 3.63) is 46.0 Å². The first kappa shape index (κ1) is 14.6. The summed E-state index contributed by atoms with van der Waals surface area (Å²) in [7, 11) is 1.41. The van der Waals surface area contributed by atoms with E-state index in [4.69, 9.17) is 9.15 Å². The molecule has 1 aromatic heterocycles. The van der Waals surface area contributed by atoms with Gasteiger partial charge in [0.15, 0.2) is 5.17 Å². The molecule has 1 aromatic rings. The molecule has 0 amide bonds. The normalized spacial score (nSPS) is 23.7. The molecule has 0 N–H and O–H groups in total. The van der Waals surface area contributed by atoms with Gasteiger partial charge in [-0.2, -0.15) is 0 Å². The highest BCUT2D eigenvalue weighted by atomic mass is 32.2. The number of amidine groups is 1. The Bertz CT molecular complexity index is 746. The molecule has 3 heterocycles. The van der Waals surface area contributed by atoms with Crippen LogP contribution in [0.1, 0.15) is 44.4 Å². The minimum Gasteiger partial charge on any atom is -0.467 e. The maximum Gasteiger partial charge on any atom is 0.338 e. The first-order chi connectivity index (χ1) is 11.2. The largest absolute Gasteiger partial charge is 0.467 e. The summed E-state index contributed by atoms with van der Waals surface area (Å²) >= 11 is 1.73. The zero-order chi connectivity index (χ0) is 16.0. The zero-order valence-electron chi connectivity index (χ0n) is 13.2. The van der Waals surface area contributed by atoms with Crippen molar-refractivity contribution in [2.75, 3.05) is 7.11 Å². The highest BCUT2D eigenvalue weighted by Crippen LogP contribution is 2.50. The molecule has 6 heteroatoms. The molecule has 3 aliphatic rings. The summed E-state index contributed by atoms with van der Waals surface area (Å²) in [6.45, 7) is 1.87. The number of esters is 1. The minimum absolute atomic E-state index is 0.289. The van der Waals surface area contributed by atoms with Crippen molar-refractivity contribution in [2.24, 2.45) is 4.99 Å². The van der Waals surface area contributed by atoms with Crippen molar-refractivity contribution >= 4 is 22.9 Å². The third kappa shape index (κ3) is 2.24. The Morgan fingerprint density at radius 2 is 2.26 bits per heavy atom. The van der Waals surface area contributed by atoms with Gasteiger partial charge >= 0.3 is 5.97 Å². The minimum atomic E-state index is -0.346. The van der Waals surface area contributed by atoms with Gasteiger partial charge in [-0.1, -0.05) is 11.8 Å². The van der Waals surface area contributed by atoms with Gasteiger partial charge in [-0.15, -0.1) is 0 Å². The standard InChI is InChI=1S/C17H18N2O3S/c1-10-14(16(20)21-2)15(12-7-5-9-22-12)19-11-6-3-4-8-13(11)23-17(19)18-10/h5,7,9,15H,3-4,6,8H2,1-2H3/t15-/m1/s1. The van der Waals surface area contributed by atoms with Crippen molar-refractivity contribution in [1.82, 2.24) is 4.90 Å². The Balaban J connectivity index is 1.87. The number of nitrogens with zero attached hydrogens (tertiary/aromatic N) is 2. The lowest BCUT2D eigenvalue weighted by atomic mass is 9.96. The highest BCUT2D eigenvalue weighted by molar-refractivity contribution is 8.17. The van der Waals surface area contributed by atoms with Crippen LogP contribution in [0.5, 0.6) is 0 Å². The van der Waals surface area contributed by atoms with Crippen molar-refractivity contribution < 1.29 is 13.9 Å². The lowest BCUT2D eigenvalue weighted by Crippen LogP contribution is -2.36. The number of hydrogen-bond acceptors (Lipinski definition) is 6. The van der Waals surface area contributed by atoms with E-state index >= 15 is 0 Å². The molecule has 0 aromatic carbocycles. The zero-order valence-corrected chi connectivity index (χ0v) is 14.0. The third-order valence-electron chi connectivity index (χ3n) is 4.50. The molecular weight excluding hydrogens is 312 g/mol. The molecular formula is C17H18N2O3S. The number of hydrogen-bond donors (Lipinski definition) is 0. The molecule has 0 radical (unpaired) electrons. The van der Waals surface area contributed by atoms with Gasteiger partial charge in [0.2, 0.25) is 0 Å². The first-order valence-corrected chi connectivity index (χ1v) is 8.62. The number of fused-ring (bicyclic) bond motifs is 2. The van der Waals surface area contributed by atoms with Crippen LogP contribution < -0.4 is 0 Å². The van der Waals surface area contributed by atoms with E-state index < -0.39 is 0 Å². The summed E-state index contributed by atoms with van der Waals surface area (Å²) in [5.41, 5.74) is 2.55. The fourth-order valence-corrected chi connectivity index (χ4v) is 4.74. The topological polar surface area (TPSA) is 55.0 Å². The van der Waals surface area contributed by atoms with E-state index in [2.05, 4.69) is 9.89 Å². The molecule has 1 atom stereocenters. The Morgan fingerprint density at radius 1 is 1.43 bits per heavy atom. The molecule has 0 spiro atoms. The predicted molar refractivity (Wildman–Crippen MR) is 88.5 cm³/mol. The average Bonchev–Trinajstić information content (AvgIpc) is 3.20. The summed E-state index contributed by atoms with van der Waals surface area (Å²) in [6, 6.07) is 3.48. The molecule has 120 valence electrons. The lowest BCUT2D eigenvalue weighted by Gasteiger charge is -2.35. The van der Waals surface area contributed by atoms with E-state index in [0.29, 0.717) is 11.3 Å². The van der Waals surface area contributed by atoms with Crippen LogP contribution in [-0.4, -0.2) is 23.1 Å². The number of rotatable bonds is 2.